The molecule has 0 saturated heterocycles. The molecule has 0 spiro atoms. The first-order chi connectivity index (χ1) is 11.6. The molecule has 0 unspecified atom stereocenters. The van der Waals surface area contributed by atoms with Crippen LogP contribution in [0, 0.1) is 0 Å². The van der Waals surface area contributed by atoms with Crippen molar-refractivity contribution >= 4 is 17.5 Å². The van der Waals surface area contributed by atoms with E-state index in [1.807, 2.05) is 18.2 Å². The van der Waals surface area contributed by atoms with Crippen molar-refractivity contribution in [1.82, 2.24) is 5.32 Å². The highest BCUT2D eigenvalue weighted by Gasteiger charge is 2.38. The molecule has 1 saturated carbocycles. The Morgan fingerprint density at radius 3 is 2.46 bits per heavy atom. The second-order valence-electron chi connectivity index (χ2n) is 6.38. The van der Waals surface area contributed by atoms with Crippen molar-refractivity contribution < 1.29 is 9.53 Å². The molecule has 1 amide bonds. The highest BCUT2D eigenvalue weighted by atomic mass is 35.5. The van der Waals surface area contributed by atoms with E-state index in [1.54, 1.807) is 31.4 Å². The monoisotopic (exact) mass is 343 g/mol. The summed E-state index contributed by atoms with van der Waals surface area (Å²) < 4.78 is 5.56. The predicted molar refractivity (Wildman–Crippen MR) is 96.9 cm³/mol. The molecule has 2 aromatic carbocycles. The Kier molecular flexibility index (Phi) is 5.10. The summed E-state index contributed by atoms with van der Waals surface area (Å²) in [5.41, 5.74) is 1.78. The fraction of sp³-hybridized carbons (Fsp3) is 0.350. The van der Waals surface area contributed by atoms with Crippen molar-refractivity contribution in [3.63, 3.8) is 0 Å². The average molecular weight is 344 g/mol. The molecule has 0 radical (unpaired) electrons. The predicted octanol–water partition coefficient (Wildman–Crippen LogP) is 4.59. The van der Waals surface area contributed by atoms with E-state index in [2.05, 4.69) is 11.4 Å². The number of carbonyl (C=O) groups is 1. The molecule has 1 aliphatic rings. The second-order valence-corrected chi connectivity index (χ2v) is 6.81. The van der Waals surface area contributed by atoms with Gasteiger partial charge in [0.05, 0.1) is 7.11 Å². The van der Waals surface area contributed by atoms with Crippen LogP contribution in [0.2, 0.25) is 5.02 Å². The molecule has 0 heterocycles. The van der Waals surface area contributed by atoms with E-state index in [4.69, 9.17) is 16.3 Å². The summed E-state index contributed by atoms with van der Waals surface area (Å²) in [6, 6.07) is 15.1. The lowest BCUT2D eigenvalue weighted by Crippen LogP contribution is -2.39. The molecule has 4 heteroatoms. The summed E-state index contributed by atoms with van der Waals surface area (Å²) in [7, 11) is 1.70. The van der Waals surface area contributed by atoms with Crippen LogP contribution >= 0.6 is 11.6 Å². The Hall–Kier alpha value is -2.00. The van der Waals surface area contributed by atoms with Gasteiger partial charge in [-0.15, -0.1) is 0 Å². The van der Waals surface area contributed by atoms with Crippen molar-refractivity contribution in [3.8, 4) is 5.75 Å². The van der Waals surface area contributed by atoms with Crippen LogP contribution in [-0.2, 0) is 5.41 Å². The minimum absolute atomic E-state index is 0.0469. The standard InChI is InChI=1S/C20H22ClNO2/c1-24-18-7-3-2-6-17(18)20(12-4-5-13-20)14-22-19(23)15-8-10-16(21)11-9-15/h2-3,6-11H,4-5,12-14H2,1H3,(H,22,23). The summed E-state index contributed by atoms with van der Waals surface area (Å²) in [6.07, 6.45) is 4.48. The zero-order valence-corrected chi connectivity index (χ0v) is 14.6. The van der Waals surface area contributed by atoms with Gasteiger partial charge in [-0.2, -0.15) is 0 Å². The quantitative estimate of drug-likeness (QED) is 0.862. The van der Waals surface area contributed by atoms with Crippen LogP contribution in [0.25, 0.3) is 0 Å². The fourth-order valence-corrected chi connectivity index (χ4v) is 3.75. The molecule has 3 rings (SSSR count). The first kappa shape index (κ1) is 16.8. The van der Waals surface area contributed by atoms with Gasteiger partial charge in [0.25, 0.3) is 5.91 Å². The molecule has 0 aromatic heterocycles. The summed E-state index contributed by atoms with van der Waals surface area (Å²) in [5.74, 6) is 0.841. The third-order valence-electron chi connectivity index (χ3n) is 4.93. The van der Waals surface area contributed by atoms with E-state index in [0.29, 0.717) is 17.1 Å². The Morgan fingerprint density at radius 1 is 1.12 bits per heavy atom. The second kappa shape index (κ2) is 7.27. The normalized spacial score (nSPS) is 15.9. The number of methoxy groups -OCH3 is 1. The SMILES string of the molecule is COc1ccccc1C1(CNC(=O)c2ccc(Cl)cc2)CCCC1. The lowest BCUT2D eigenvalue weighted by molar-refractivity contribution is 0.0942. The summed E-state index contributed by atoms with van der Waals surface area (Å²) in [6.45, 7) is 0.620. The molecular weight excluding hydrogens is 322 g/mol. The van der Waals surface area contributed by atoms with Crippen LogP contribution < -0.4 is 10.1 Å². The van der Waals surface area contributed by atoms with E-state index in [-0.39, 0.29) is 11.3 Å². The van der Waals surface area contributed by atoms with Crippen molar-refractivity contribution in [2.75, 3.05) is 13.7 Å². The van der Waals surface area contributed by atoms with Crippen LogP contribution in [0.4, 0.5) is 0 Å². The molecule has 0 atom stereocenters. The smallest absolute Gasteiger partial charge is 0.251 e. The molecule has 0 aliphatic heterocycles. The van der Waals surface area contributed by atoms with Crippen molar-refractivity contribution in [3.05, 3.63) is 64.7 Å². The van der Waals surface area contributed by atoms with E-state index in [0.717, 1.165) is 18.6 Å². The van der Waals surface area contributed by atoms with E-state index in [9.17, 15) is 4.79 Å². The molecule has 2 aromatic rings. The lowest BCUT2D eigenvalue weighted by atomic mass is 9.78. The maximum absolute atomic E-state index is 12.5. The van der Waals surface area contributed by atoms with Gasteiger partial charge < -0.3 is 10.1 Å². The van der Waals surface area contributed by atoms with Gasteiger partial charge in [-0.25, -0.2) is 0 Å². The highest BCUT2D eigenvalue weighted by Crippen LogP contribution is 2.44. The van der Waals surface area contributed by atoms with Gasteiger partial charge in [0.1, 0.15) is 5.75 Å². The van der Waals surface area contributed by atoms with Gasteiger partial charge in [-0.05, 0) is 43.2 Å². The Balaban J connectivity index is 1.79. The van der Waals surface area contributed by atoms with E-state index < -0.39 is 0 Å². The first-order valence-corrected chi connectivity index (χ1v) is 8.70. The minimum atomic E-state index is -0.0622. The zero-order valence-electron chi connectivity index (χ0n) is 13.8. The molecule has 1 N–H and O–H groups in total. The number of benzene rings is 2. The summed E-state index contributed by atoms with van der Waals surface area (Å²) >= 11 is 5.89. The Morgan fingerprint density at radius 2 is 1.79 bits per heavy atom. The maximum Gasteiger partial charge on any atom is 0.251 e. The number of ether oxygens (including phenoxy) is 1. The number of hydrogen-bond acceptors (Lipinski definition) is 2. The number of rotatable bonds is 5. The van der Waals surface area contributed by atoms with Crippen LogP contribution in [0.3, 0.4) is 0 Å². The Bertz CT molecular complexity index is 706. The molecule has 1 fully saturated rings. The number of hydrogen-bond donors (Lipinski definition) is 1. The lowest BCUT2D eigenvalue weighted by Gasteiger charge is -2.31. The van der Waals surface area contributed by atoms with Crippen molar-refractivity contribution in [1.29, 1.82) is 0 Å². The summed E-state index contributed by atoms with van der Waals surface area (Å²) in [5, 5.41) is 3.75. The van der Waals surface area contributed by atoms with Crippen LogP contribution in [0.5, 0.6) is 5.75 Å². The highest BCUT2D eigenvalue weighted by molar-refractivity contribution is 6.30. The number of carbonyl (C=O) groups excluding carboxylic acids is 1. The number of halogens is 1. The number of amides is 1. The first-order valence-electron chi connectivity index (χ1n) is 8.32. The van der Waals surface area contributed by atoms with Gasteiger partial charge in [0.15, 0.2) is 0 Å². The molecule has 1 aliphatic carbocycles. The van der Waals surface area contributed by atoms with Gasteiger partial charge in [-0.3, -0.25) is 4.79 Å². The largest absolute Gasteiger partial charge is 0.496 e. The number of para-hydroxylation sites is 1. The van der Waals surface area contributed by atoms with Crippen molar-refractivity contribution in [2.45, 2.75) is 31.1 Å². The van der Waals surface area contributed by atoms with Gasteiger partial charge in [0.2, 0.25) is 0 Å². The van der Waals surface area contributed by atoms with Gasteiger partial charge in [0, 0.05) is 28.1 Å². The van der Waals surface area contributed by atoms with Crippen LogP contribution in [-0.4, -0.2) is 19.6 Å². The Labute approximate surface area is 148 Å². The van der Waals surface area contributed by atoms with Gasteiger partial charge >= 0.3 is 0 Å². The number of nitrogens with one attached hydrogen (secondary N) is 1. The van der Waals surface area contributed by atoms with E-state index in [1.165, 1.54) is 18.4 Å². The minimum Gasteiger partial charge on any atom is -0.496 e. The summed E-state index contributed by atoms with van der Waals surface area (Å²) in [4.78, 5) is 12.5. The molecule has 0 bridgehead atoms. The van der Waals surface area contributed by atoms with E-state index >= 15 is 0 Å². The topological polar surface area (TPSA) is 38.3 Å². The molecular formula is C20H22ClNO2. The van der Waals surface area contributed by atoms with Gasteiger partial charge in [-0.1, -0.05) is 42.6 Å². The third-order valence-corrected chi connectivity index (χ3v) is 5.18. The third kappa shape index (κ3) is 3.41. The van der Waals surface area contributed by atoms with Crippen LogP contribution in [0.15, 0.2) is 48.5 Å². The molecule has 126 valence electrons. The molecule has 24 heavy (non-hydrogen) atoms. The average Bonchev–Trinajstić information content (AvgIpc) is 3.10. The van der Waals surface area contributed by atoms with Crippen LogP contribution in [0.1, 0.15) is 41.6 Å². The van der Waals surface area contributed by atoms with Crippen molar-refractivity contribution in [2.24, 2.45) is 0 Å². The fourth-order valence-electron chi connectivity index (χ4n) is 3.63. The maximum atomic E-state index is 12.5. The molecule has 3 nitrogen and oxygen atoms in total. The zero-order chi connectivity index (χ0) is 17.0.